The van der Waals surface area contributed by atoms with Crippen molar-refractivity contribution in [1.82, 2.24) is 0 Å². The molecule has 1 unspecified atom stereocenters. The largest absolute Gasteiger partial charge is 0.144 e. The van der Waals surface area contributed by atoms with Crippen molar-refractivity contribution >= 4 is 22.9 Å². The summed E-state index contributed by atoms with van der Waals surface area (Å²) in [6.45, 7) is 4.17. The first-order valence-electron chi connectivity index (χ1n) is 3.46. The maximum atomic E-state index is 5.88. The smallest absolute Gasteiger partial charge is 0.0650 e. The quantitative estimate of drug-likeness (QED) is 0.601. The lowest BCUT2D eigenvalue weighted by atomic mass is 10.3. The summed E-state index contributed by atoms with van der Waals surface area (Å²) in [6, 6.07) is 4.26. The average molecular weight is 175 g/mol. The van der Waals surface area contributed by atoms with Crippen LogP contribution in [-0.4, -0.2) is 0 Å². The Morgan fingerprint density at radius 3 is 2.60 bits per heavy atom. The molecule has 1 aromatic heterocycles. The summed E-state index contributed by atoms with van der Waals surface area (Å²) in [5.41, 5.74) is 0. The van der Waals surface area contributed by atoms with Crippen LogP contribution in [0.4, 0.5) is 0 Å². The van der Waals surface area contributed by atoms with E-state index in [9.17, 15) is 0 Å². The maximum absolute atomic E-state index is 5.88. The zero-order valence-electron chi connectivity index (χ0n) is 6.23. The van der Waals surface area contributed by atoms with Gasteiger partial charge in [0.2, 0.25) is 0 Å². The second kappa shape index (κ2) is 3.40. The van der Waals surface area contributed by atoms with E-state index in [-0.39, 0.29) is 5.38 Å². The second-order valence-electron chi connectivity index (χ2n) is 2.27. The fourth-order valence-corrected chi connectivity index (χ4v) is 1.89. The normalized spacial score (nSPS) is 13.5. The Balaban J connectivity index is 2.78. The molecule has 0 aromatic carbocycles. The first-order chi connectivity index (χ1) is 4.74. The van der Waals surface area contributed by atoms with Crippen molar-refractivity contribution in [2.75, 3.05) is 0 Å². The highest BCUT2D eigenvalue weighted by molar-refractivity contribution is 7.12. The summed E-state index contributed by atoms with van der Waals surface area (Å²) < 4.78 is 0. The van der Waals surface area contributed by atoms with Gasteiger partial charge in [-0.15, -0.1) is 22.9 Å². The summed E-state index contributed by atoms with van der Waals surface area (Å²) in [4.78, 5) is 2.70. The number of alkyl halides is 1. The standard InChI is InChI=1S/C8H11ClS/c1-3-7-4-5-8(10-7)6(2)9/h4-6H,3H2,1-2H3. The minimum atomic E-state index is 0.172. The molecule has 56 valence electrons. The monoisotopic (exact) mass is 174 g/mol. The molecule has 10 heavy (non-hydrogen) atoms. The minimum absolute atomic E-state index is 0.172. The molecule has 2 heteroatoms. The zero-order valence-corrected chi connectivity index (χ0v) is 7.80. The molecule has 1 rings (SSSR count). The lowest BCUT2D eigenvalue weighted by Gasteiger charge is -1.94. The van der Waals surface area contributed by atoms with Crippen LogP contribution in [0.1, 0.15) is 29.0 Å². The van der Waals surface area contributed by atoms with Gasteiger partial charge >= 0.3 is 0 Å². The zero-order chi connectivity index (χ0) is 7.56. The number of rotatable bonds is 2. The molecule has 0 N–H and O–H groups in total. The Labute approximate surface area is 70.8 Å². The van der Waals surface area contributed by atoms with Crippen LogP contribution in [0, 0.1) is 0 Å². The molecule has 0 nitrogen and oxygen atoms in total. The first-order valence-corrected chi connectivity index (χ1v) is 4.72. The van der Waals surface area contributed by atoms with Gasteiger partial charge in [-0.25, -0.2) is 0 Å². The molecule has 1 aromatic rings. The third-order valence-corrected chi connectivity index (χ3v) is 3.20. The van der Waals surface area contributed by atoms with E-state index in [1.54, 1.807) is 0 Å². The summed E-state index contributed by atoms with van der Waals surface area (Å²) >= 11 is 7.69. The van der Waals surface area contributed by atoms with E-state index in [0.29, 0.717) is 0 Å². The van der Waals surface area contributed by atoms with Gasteiger partial charge in [0, 0.05) is 9.75 Å². The van der Waals surface area contributed by atoms with E-state index in [2.05, 4.69) is 19.1 Å². The Morgan fingerprint density at radius 1 is 1.60 bits per heavy atom. The highest BCUT2D eigenvalue weighted by Crippen LogP contribution is 2.27. The van der Waals surface area contributed by atoms with E-state index < -0.39 is 0 Å². The van der Waals surface area contributed by atoms with Crippen molar-refractivity contribution in [2.24, 2.45) is 0 Å². The van der Waals surface area contributed by atoms with Crippen molar-refractivity contribution in [3.8, 4) is 0 Å². The molecule has 0 aliphatic carbocycles. The van der Waals surface area contributed by atoms with Crippen LogP contribution in [0.3, 0.4) is 0 Å². The molecule has 0 bridgehead atoms. The Morgan fingerprint density at radius 2 is 2.30 bits per heavy atom. The highest BCUT2D eigenvalue weighted by atomic mass is 35.5. The van der Waals surface area contributed by atoms with Crippen LogP contribution in [0.15, 0.2) is 12.1 Å². The van der Waals surface area contributed by atoms with E-state index in [1.165, 1.54) is 9.75 Å². The number of hydrogen-bond acceptors (Lipinski definition) is 1. The molecule has 0 aliphatic heterocycles. The molecular weight excluding hydrogens is 164 g/mol. The molecule has 0 saturated carbocycles. The van der Waals surface area contributed by atoms with Crippen LogP contribution in [0.2, 0.25) is 0 Å². The Bertz CT molecular complexity index is 203. The van der Waals surface area contributed by atoms with Crippen molar-refractivity contribution in [2.45, 2.75) is 25.6 Å². The SMILES string of the molecule is CCc1ccc(C(C)Cl)s1. The number of thiophene rings is 1. The van der Waals surface area contributed by atoms with Gasteiger partial charge in [-0.3, -0.25) is 0 Å². The van der Waals surface area contributed by atoms with Crippen LogP contribution in [0.5, 0.6) is 0 Å². The third-order valence-electron chi connectivity index (χ3n) is 1.42. The molecule has 0 fully saturated rings. The summed E-state index contributed by atoms with van der Waals surface area (Å²) in [5.74, 6) is 0. The van der Waals surface area contributed by atoms with Gasteiger partial charge in [-0.05, 0) is 25.5 Å². The van der Waals surface area contributed by atoms with Crippen molar-refractivity contribution < 1.29 is 0 Å². The average Bonchev–Trinajstić information content (AvgIpc) is 2.34. The third kappa shape index (κ3) is 1.74. The number of aryl methyl sites for hydroxylation is 1. The van der Waals surface area contributed by atoms with E-state index in [1.807, 2.05) is 18.3 Å². The van der Waals surface area contributed by atoms with Crippen LogP contribution in [-0.2, 0) is 6.42 Å². The molecular formula is C8H11ClS. The van der Waals surface area contributed by atoms with Gasteiger partial charge in [0.1, 0.15) is 0 Å². The fourth-order valence-electron chi connectivity index (χ4n) is 0.798. The predicted octanol–water partition coefficient (Wildman–Crippen LogP) is 3.61. The van der Waals surface area contributed by atoms with Crippen molar-refractivity contribution in [1.29, 1.82) is 0 Å². The topological polar surface area (TPSA) is 0 Å². The number of hydrogen-bond donors (Lipinski definition) is 0. The summed E-state index contributed by atoms with van der Waals surface area (Å²) in [7, 11) is 0. The minimum Gasteiger partial charge on any atom is -0.144 e. The molecule has 0 aliphatic rings. The molecule has 0 amide bonds. The molecule has 0 spiro atoms. The molecule has 0 radical (unpaired) electrons. The first kappa shape index (κ1) is 8.09. The van der Waals surface area contributed by atoms with Gasteiger partial charge in [-0.2, -0.15) is 0 Å². The van der Waals surface area contributed by atoms with E-state index in [4.69, 9.17) is 11.6 Å². The maximum Gasteiger partial charge on any atom is 0.0650 e. The van der Waals surface area contributed by atoms with Crippen LogP contribution >= 0.6 is 22.9 Å². The number of halogens is 1. The molecule has 0 saturated heterocycles. The van der Waals surface area contributed by atoms with Gasteiger partial charge in [0.15, 0.2) is 0 Å². The molecule has 1 atom stereocenters. The van der Waals surface area contributed by atoms with Crippen molar-refractivity contribution in [3.63, 3.8) is 0 Å². The fraction of sp³-hybridized carbons (Fsp3) is 0.500. The van der Waals surface area contributed by atoms with E-state index >= 15 is 0 Å². The van der Waals surface area contributed by atoms with Gasteiger partial charge in [0.25, 0.3) is 0 Å². The lowest BCUT2D eigenvalue weighted by Crippen LogP contribution is -1.73. The van der Waals surface area contributed by atoms with Crippen LogP contribution < -0.4 is 0 Å². The van der Waals surface area contributed by atoms with Gasteiger partial charge < -0.3 is 0 Å². The second-order valence-corrected chi connectivity index (χ2v) is 4.13. The van der Waals surface area contributed by atoms with Crippen LogP contribution in [0.25, 0.3) is 0 Å². The Hall–Kier alpha value is -0.0100. The summed E-state index contributed by atoms with van der Waals surface area (Å²) in [6.07, 6.45) is 1.12. The van der Waals surface area contributed by atoms with Gasteiger partial charge in [-0.1, -0.05) is 6.92 Å². The Kier molecular flexibility index (Phi) is 2.75. The molecule has 1 heterocycles. The van der Waals surface area contributed by atoms with Crippen molar-refractivity contribution in [3.05, 3.63) is 21.9 Å². The predicted molar refractivity (Wildman–Crippen MR) is 48.0 cm³/mol. The lowest BCUT2D eigenvalue weighted by molar-refractivity contribution is 1.12. The summed E-state index contributed by atoms with van der Waals surface area (Å²) in [5, 5.41) is 0.172. The van der Waals surface area contributed by atoms with E-state index in [0.717, 1.165) is 6.42 Å². The highest BCUT2D eigenvalue weighted by Gasteiger charge is 2.02. The van der Waals surface area contributed by atoms with Gasteiger partial charge in [0.05, 0.1) is 5.38 Å².